The fourth-order valence-electron chi connectivity index (χ4n) is 3.60. The zero-order chi connectivity index (χ0) is 19.0. The molecule has 0 spiro atoms. The van der Waals surface area contributed by atoms with Gasteiger partial charge in [0, 0.05) is 17.5 Å². The van der Waals surface area contributed by atoms with Gasteiger partial charge in [-0.15, -0.1) is 0 Å². The van der Waals surface area contributed by atoms with Gasteiger partial charge in [0.05, 0.1) is 29.4 Å². The quantitative estimate of drug-likeness (QED) is 0.766. The number of carbonyl (C=O) groups excluding carboxylic acids is 1. The molecule has 3 aromatic rings. The van der Waals surface area contributed by atoms with Crippen molar-refractivity contribution in [3.63, 3.8) is 0 Å². The molecule has 4 nitrogen and oxygen atoms in total. The molecule has 1 amide bonds. The monoisotopic (exact) mass is 368 g/mol. The number of hydrogen-bond acceptors (Lipinski definition) is 3. The smallest absolute Gasteiger partial charge is 0.254 e. The largest absolute Gasteiger partial charge is 0.394 e. The normalized spacial score (nSPS) is 16.9. The van der Waals surface area contributed by atoms with Crippen LogP contribution < -0.4 is 0 Å². The summed E-state index contributed by atoms with van der Waals surface area (Å²) >= 11 is 0. The highest BCUT2D eigenvalue weighted by Crippen LogP contribution is 2.28. The summed E-state index contributed by atoms with van der Waals surface area (Å²) in [5, 5.41) is 10.2. The van der Waals surface area contributed by atoms with Gasteiger partial charge >= 0.3 is 0 Å². The van der Waals surface area contributed by atoms with E-state index in [0.29, 0.717) is 34.3 Å². The standard InChI is InChI=1S/C21H18F2N2O2/c22-17-8-7-13(10-18(17)23)20-11-16(15-5-1-2-6-19(15)24-20)21(27)25-9-3-4-14(25)12-26/h1-2,5-8,10-11,14,26H,3-4,9,12H2. The third kappa shape index (κ3) is 3.17. The molecule has 2 aromatic carbocycles. The van der Waals surface area contributed by atoms with Crippen LogP contribution in [0, 0.1) is 11.6 Å². The Morgan fingerprint density at radius 2 is 1.96 bits per heavy atom. The fraction of sp³-hybridized carbons (Fsp3) is 0.238. The molecule has 1 fully saturated rings. The molecule has 0 bridgehead atoms. The molecule has 27 heavy (non-hydrogen) atoms. The molecular formula is C21H18F2N2O2. The summed E-state index contributed by atoms with van der Waals surface area (Å²) in [7, 11) is 0. The number of aliphatic hydroxyl groups is 1. The zero-order valence-electron chi connectivity index (χ0n) is 14.5. The minimum Gasteiger partial charge on any atom is -0.394 e. The fourth-order valence-corrected chi connectivity index (χ4v) is 3.60. The minimum atomic E-state index is -0.963. The lowest BCUT2D eigenvalue weighted by molar-refractivity contribution is 0.0679. The molecule has 4 rings (SSSR count). The number of pyridine rings is 1. The topological polar surface area (TPSA) is 53.4 Å². The molecule has 6 heteroatoms. The van der Waals surface area contributed by atoms with Crippen molar-refractivity contribution >= 4 is 16.8 Å². The lowest BCUT2D eigenvalue weighted by Crippen LogP contribution is -2.37. The maximum atomic E-state index is 13.7. The number of benzene rings is 2. The van der Waals surface area contributed by atoms with E-state index in [1.54, 1.807) is 17.0 Å². The second-order valence-electron chi connectivity index (χ2n) is 6.68. The van der Waals surface area contributed by atoms with Crippen LogP contribution in [0.2, 0.25) is 0 Å². The van der Waals surface area contributed by atoms with Crippen LogP contribution in [0.15, 0.2) is 48.5 Å². The minimum absolute atomic E-state index is 0.0786. The van der Waals surface area contributed by atoms with Gasteiger partial charge in [-0.25, -0.2) is 13.8 Å². The Morgan fingerprint density at radius 3 is 2.74 bits per heavy atom. The molecule has 0 radical (unpaired) electrons. The van der Waals surface area contributed by atoms with Gasteiger partial charge < -0.3 is 10.0 Å². The van der Waals surface area contributed by atoms with E-state index in [0.717, 1.165) is 25.0 Å². The first kappa shape index (κ1) is 17.5. The zero-order valence-corrected chi connectivity index (χ0v) is 14.5. The Hall–Kier alpha value is -2.86. The van der Waals surface area contributed by atoms with E-state index in [2.05, 4.69) is 4.98 Å². The highest BCUT2D eigenvalue weighted by molar-refractivity contribution is 6.07. The van der Waals surface area contributed by atoms with Crippen molar-refractivity contribution in [2.75, 3.05) is 13.2 Å². The van der Waals surface area contributed by atoms with Gasteiger partial charge in [-0.3, -0.25) is 4.79 Å². The average Bonchev–Trinajstić information content (AvgIpc) is 3.17. The van der Waals surface area contributed by atoms with Crippen LogP contribution in [0.1, 0.15) is 23.2 Å². The molecule has 1 N–H and O–H groups in total. The predicted molar refractivity (Wildman–Crippen MR) is 98.2 cm³/mol. The molecule has 138 valence electrons. The summed E-state index contributed by atoms with van der Waals surface area (Å²) in [4.78, 5) is 19.4. The molecule has 1 aliphatic rings. The third-order valence-corrected chi connectivity index (χ3v) is 5.01. The van der Waals surface area contributed by atoms with Gasteiger partial charge in [0.2, 0.25) is 0 Å². The van der Waals surface area contributed by atoms with Crippen molar-refractivity contribution in [1.82, 2.24) is 9.88 Å². The highest BCUT2D eigenvalue weighted by atomic mass is 19.2. The van der Waals surface area contributed by atoms with Crippen molar-refractivity contribution in [3.05, 3.63) is 65.7 Å². The van der Waals surface area contributed by atoms with Gasteiger partial charge in [0.25, 0.3) is 5.91 Å². The Kier molecular flexibility index (Phi) is 4.58. The van der Waals surface area contributed by atoms with Crippen molar-refractivity contribution < 1.29 is 18.7 Å². The van der Waals surface area contributed by atoms with E-state index in [1.165, 1.54) is 6.07 Å². The first-order valence-electron chi connectivity index (χ1n) is 8.85. The van der Waals surface area contributed by atoms with E-state index in [1.807, 2.05) is 18.2 Å². The number of aliphatic hydroxyl groups excluding tert-OH is 1. The van der Waals surface area contributed by atoms with Gasteiger partial charge in [-0.2, -0.15) is 0 Å². The molecule has 1 aliphatic heterocycles. The maximum Gasteiger partial charge on any atom is 0.254 e. The Bertz CT molecular complexity index is 1020. The summed E-state index contributed by atoms with van der Waals surface area (Å²) in [5.41, 5.74) is 1.84. The van der Waals surface area contributed by atoms with Gasteiger partial charge in [0.15, 0.2) is 11.6 Å². The van der Waals surface area contributed by atoms with Crippen molar-refractivity contribution in [3.8, 4) is 11.3 Å². The first-order valence-corrected chi connectivity index (χ1v) is 8.85. The van der Waals surface area contributed by atoms with Gasteiger partial charge in [-0.05, 0) is 43.2 Å². The van der Waals surface area contributed by atoms with E-state index in [4.69, 9.17) is 0 Å². The third-order valence-electron chi connectivity index (χ3n) is 5.01. The van der Waals surface area contributed by atoms with Crippen molar-refractivity contribution in [2.24, 2.45) is 0 Å². The number of nitrogens with zero attached hydrogens (tertiary/aromatic N) is 2. The van der Waals surface area contributed by atoms with Gasteiger partial charge in [0.1, 0.15) is 0 Å². The van der Waals surface area contributed by atoms with Crippen LogP contribution in [0.3, 0.4) is 0 Å². The van der Waals surface area contributed by atoms with Crippen LogP contribution in [0.25, 0.3) is 22.2 Å². The lowest BCUT2D eigenvalue weighted by Gasteiger charge is -2.24. The van der Waals surface area contributed by atoms with E-state index < -0.39 is 11.6 Å². The van der Waals surface area contributed by atoms with Crippen LogP contribution in [0.5, 0.6) is 0 Å². The number of likely N-dealkylation sites (tertiary alicyclic amines) is 1. The number of fused-ring (bicyclic) bond motifs is 1. The number of hydrogen-bond donors (Lipinski definition) is 1. The van der Waals surface area contributed by atoms with Crippen LogP contribution in [-0.4, -0.2) is 40.1 Å². The summed E-state index contributed by atoms with van der Waals surface area (Å²) in [6, 6.07) is 12.2. The number of aromatic nitrogens is 1. The number of carbonyl (C=O) groups is 1. The summed E-state index contributed by atoms with van der Waals surface area (Å²) in [6.07, 6.45) is 1.61. The van der Waals surface area contributed by atoms with Crippen molar-refractivity contribution in [2.45, 2.75) is 18.9 Å². The molecule has 1 unspecified atom stereocenters. The summed E-state index contributed by atoms with van der Waals surface area (Å²) in [5.74, 6) is -2.08. The van der Waals surface area contributed by atoms with Crippen LogP contribution in [0.4, 0.5) is 8.78 Å². The van der Waals surface area contributed by atoms with E-state index >= 15 is 0 Å². The molecule has 1 atom stereocenters. The second-order valence-corrected chi connectivity index (χ2v) is 6.68. The lowest BCUT2D eigenvalue weighted by atomic mass is 10.0. The van der Waals surface area contributed by atoms with Gasteiger partial charge in [-0.1, -0.05) is 18.2 Å². The molecule has 1 aromatic heterocycles. The molecular weight excluding hydrogens is 350 g/mol. The Balaban J connectivity index is 1.86. The molecule has 2 heterocycles. The Labute approximate surface area is 155 Å². The number of rotatable bonds is 3. The molecule has 0 saturated carbocycles. The van der Waals surface area contributed by atoms with E-state index in [-0.39, 0.29) is 18.6 Å². The molecule has 0 aliphatic carbocycles. The Morgan fingerprint density at radius 1 is 1.15 bits per heavy atom. The number of amides is 1. The van der Waals surface area contributed by atoms with Crippen molar-refractivity contribution in [1.29, 1.82) is 0 Å². The van der Waals surface area contributed by atoms with E-state index in [9.17, 15) is 18.7 Å². The van der Waals surface area contributed by atoms with Crippen LogP contribution in [-0.2, 0) is 0 Å². The second kappa shape index (κ2) is 7.04. The number of halogens is 2. The predicted octanol–water partition coefficient (Wildman–Crippen LogP) is 3.78. The summed E-state index contributed by atoms with van der Waals surface area (Å²) in [6.45, 7) is 0.506. The van der Waals surface area contributed by atoms with Crippen LogP contribution >= 0.6 is 0 Å². The average molecular weight is 368 g/mol. The maximum absolute atomic E-state index is 13.7. The first-order chi connectivity index (χ1) is 13.1. The number of para-hydroxylation sites is 1. The SMILES string of the molecule is O=C(c1cc(-c2ccc(F)c(F)c2)nc2ccccc12)N1CCCC1CO. The highest BCUT2D eigenvalue weighted by Gasteiger charge is 2.30. The molecule has 1 saturated heterocycles. The summed E-state index contributed by atoms with van der Waals surface area (Å²) < 4.78 is 27.0.